The van der Waals surface area contributed by atoms with Gasteiger partial charge in [0.25, 0.3) is 0 Å². The zero-order valence-electron chi connectivity index (χ0n) is 10.7. The van der Waals surface area contributed by atoms with Gasteiger partial charge >= 0.3 is 5.97 Å². The van der Waals surface area contributed by atoms with E-state index >= 15 is 0 Å². The van der Waals surface area contributed by atoms with E-state index < -0.39 is 11.8 Å². The van der Waals surface area contributed by atoms with Crippen molar-refractivity contribution in [1.82, 2.24) is 14.8 Å². The first kappa shape index (κ1) is 13.2. The van der Waals surface area contributed by atoms with Crippen LogP contribution in [0.15, 0.2) is 24.3 Å². The lowest BCUT2D eigenvalue weighted by molar-refractivity contribution is -0.136. The first-order chi connectivity index (χ1) is 8.97. The van der Waals surface area contributed by atoms with Gasteiger partial charge in [0.05, 0.1) is 5.69 Å². The number of carbonyl (C=O) groups is 1. The van der Waals surface area contributed by atoms with Crippen molar-refractivity contribution in [3.8, 4) is 5.69 Å². The molecule has 0 spiro atoms. The smallest absolute Gasteiger partial charge is 0.311 e. The monoisotopic (exact) mass is 263 g/mol. The van der Waals surface area contributed by atoms with E-state index in [1.165, 1.54) is 16.8 Å². The van der Waals surface area contributed by atoms with Gasteiger partial charge in [0.1, 0.15) is 18.1 Å². The van der Waals surface area contributed by atoms with Crippen molar-refractivity contribution in [3.63, 3.8) is 0 Å². The molecular formula is C13H14FN3O2. The van der Waals surface area contributed by atoms with Gasteiger partial charge in [-0.3, -0.25) is 4.79 Å². The number of halogens is 1. The average Bonchev–Trinajstić information content (AvgIpc) is 2.72. The molecule has 0 saturated heterocycles. The van der Waals surface area contributed by atoms with Crippen LogP contribution in [0.2, 0.25) is 0 Å². The topological polar surface area (TPSA) is 68.0 Å². The summed E-state index contributed by atoms with van der Waals surface area (Å²) in [6.45, 7) is 3.82. The minimum atomic E-state index is -1.000. The Labute approximate surface area is 109 Å². The molecule has 6 heteroatoms. The highest BCUT2D eigenvalue weighted by Crippen LogP contribution is 2.16. The Hall–Kier alpha value is -2.24. The van der Waals surface area contributed by atoms with E-state index in [-0.39, 0.29) is 12.3 Å². The SMILES string of the molecule is CC(C)c1nc(CC(=O)O)n(-c2cccc(F)c2)n1. The van der Waals surface area contributed by atoms with E-state index in [0.29, 0.717) is 17.3 Å². The molecule has 2 aromatic rings. The number of aliphatic carboxylic acids is 1. The van der Waals surface area contributed by atoms with Gasteiger partial charge in [0.15, 0.2) is 5.82 Å². The summed E-state index contributed by atoms with van der Waals surface area (Å²) in [5.74, 6) is -0.495. The third-order valence-electron chi connectivity index (χ3n) is 2.57. The van der Waals surface area contributed by atoms with E-state index in [4.69, 9.17) is 5.11 Å². The number of rotatable bonds is 4. The van der Waals surface area contributed by atoms with Crippen LogP contribution in [0.25, 0.3) is 5.69 Å². The zero-order valence-corrected chi connectivity index (χ0v) is 10.7. The molecule has 1 heterocycles. The lowest BCUT2D eigenvalue weighted by Gasteiger charge is -2.04. The Morgan fingerprint density at radius 2 is 2.21 bits per heavy atom. The Morgan fingerprint density at radius 1 is 1.47 bits per heavy atom. The van der Waals surface area contributed by atoms with E-state index in [1.807, 2.05) is 13.8 Å². The first-order valence-corrected chi connectivity index (χ1v) is 5.91. The fourth-order valence-corrected chi connectivity index (χ4v) is 1.67. The van der Waals surface area contributed by atoms with Crippen LogP contribution >= 0.6 is 0 Å². The molecule has 19 heavy (non-hydrogen) atoms. The molecule has 1 aromatic carbocycles. The van der Waals surface area contributed by atoms with E-state index in [2.05, 4.69) is 10.1 Å². The van der Waals surface area contributed by atoms with E-state index in [1.54, 1.807) is 12.1 Å². The summed E-state index contributed by atoms with van der Waals surface area (Å²) >= 11 is 0. The first-order valence-electron chi connectivity index (χ1n) is 5.91. The molecule has 1 N–H and O–H groups in total. The minimum absolute atomic E-state index is 0.0716. The fraction of sp³-hybridized carbons (Fsp3) is 0.308. The summed E-state index contributed by atoms with van der Waals surface area (Å²) in [5, 5.41) is 13.1. The second-order valence-corrected chi connectivity index (χ2v) is 4.50. The number of carboxylic acid groups (broad SMARTS) is 1. The van der Waals surface area contributed by atoms with Crippen molar-refractivity contribution >= 4 is 5.97 Å². The molecule has 0 bridgehead atoms. The number of hydrogen-bond donors (Lipinski definition) is 1. The Morgan fingerprint density at radius 3 is 2.79 bits per heavy atom. The summed E-state index contributed by atoms with van der Waals surface area (Å²) in [6.07, 6.45) is -0.254. The van der Waals surface area contributed by atoms with Crippen LogP contribution in [0.4, 0.5) is 4.39 Å². The van der Waals surface area contributed by atoms with Crippen molar-refractivity contribution in [3.05, 3.63) is 41.7 Å². The molecule has 0 unspecified atom stereocenters. The molecule has 1 aromatic heterocycles. The van der Waals surface area contributed by atoms with Crippen LogP contribution < -0.4 is 0 Å². The van der Waals surface area contributed by atoms with Crippen LogP contribution in [0, 0.1) is 5.82 Å². The maximum absolute atomic E-state index is 13.2. The molecule has 100 valence electrons. The van der Waals surface area contributed by atoms with Gasteiger partial charge in [-0.15, -0.1) is 0 Å². The summed E-state index contributed by atoms with van der Waals surface area (Å²) < 4.78 is 14.6. The van der Waals surface area contributed by atoms with Crippen LogP contribution in [-0.2, 0) is 11.2 Å². The highest BCUT2D eigenvalue weighted by Gasteiger charge is 2.16. The predicted octanol–water partition coefficient (Wildman–Crippen LogP) is 2.16. The van der Waals surface area contributed by atoms with E-state index in [9.17, 15) is 9.18 Å². The normalized spacial score (nSPS) is 10.9. The van der Waals surface area contributed by atoms with Crippen molar-refractivity contribution < 1.29 is 14.3 Å². The summed E-state index contributed by atoms with van der Waals surface area (Å²) in [7, 11) is 0. The second-order valence-electron chi connectivity index (χ2n) is 4.50. The van der Waals surface area contributed by atoms with Crippen LogP contribution in [-0.4, -0.2) is 25.8 Å². The number of nitrogens with zero attached hydrogens (tertiary/aromatic N) is 3. The van der Waals surface area contributed by atoms with Crippen LogP contribution in [0.5, 0.6) is 0 Å². The molecule has 0 amide bonds. The molecule has 0 radical (unpaired) electrons. The Bertz CT molecular complexity index is 608. The van der Waals surface area contributed by atoms with Crippen LogP contribution in [0.3, 0.4) is 0 Å². The van der Waals surface area contributed by atoms with Gasteiger partial charge in [-0.1, -0.05) is 19.9 Å². The predicted molar refractivity (Wildman–Crippen MR) is 66.7 cm³/mol. The lowest BCUT2D eigenvalue weighted by atomic mass is 10.2. The molecule has 2 rings (SSSR count). The summed E-state index contributed by atoms with van der Waals surface area (Å²) in [5.41, 5.74) is 0.468. The summed E-state index contributed by atoms with van der Waals surface area (Å²) in [4.78, 5) is 15.0. The highest BCUT2D eigenvalue weighted by atomic mass is 19.1. The fourth-order valence-electron chi connectivity index (χ4n) is 1.67. The van der Waals surface area contributed by atoms with Gasteiger partial charge < -0.3 is 5.11 Å². The van der Waals surface area contributed by atoms with Crippen molar-refractivity contribution in [2.75, 3.05) is 0 Å². The van der Waals surface area contributed by atoms with Gasteiger partial charge in [-0.25, -0.2) is 14.1 Å². The number of benzene rings is 1. The zero-order chi connectivity index (χ0) is 14.0. The van der Waals surface area contributed by atoms with Crippen molar-refractivity contribution in [1.29, 1.82) is 0 Å². The molecule has 0 fully saturated rings. The highest BCUT2D eigenvalue weighted by molar-refractivity contribution is 5.69. The molecule has 0 saturated carbocycles. The van der Waals surface area contributed by atoms with Crippen molar-refractivity contribution in [2.45, 2.75) is 26.2 Å². The molecule has 0 aliphatic rings. The third kappa shape index (κ3) is 2.96. The number of aromatic nitrogens is 3. The minimum Gasteiger partial charge on any atom is -0.481 e. The summed E-state index contributed by atoms with van der Waals surface area (Å²) in [6, 6.07) is 5.82. The maximum Gasteiger partial charge on any atom is 0.311 e. The van der Waals surface area contributed by atoms with Gasteiger partial charge in [-0.2, -0.15) is 5.10 Å². The Balaban J connectivity index is 2.50. The van der Waals surface area contributed by atoms with Crippen molar-refractivity contribution in [2.24, 2.45) is 0 Å². The average molecular weight is 263 g/mol. The third-order valence-corrected chi connectivity index (χ3v) is 2.57. The lowest BCUT2D eigenvalue weighted by Crippen LogP contribution is -2.09. The largest absolute Gasteiger partial charge is 0.481 e. The van der Waals surface area contributed by atoms with Gasteiger partial charge in [0, 0.05) is 5.92 Å². The molecule has 0 aliphatic carbocycles. The number of carboxylic acids is 1. The van der Waals surface area contributed by atoms with E-state index in [0.717, 1.165) is 0 Å². The quantitative estimate of drug-likeness (QED) is 0.917. The number of hydrogen-bond acceptors (Lipinski definition) is 3. The molecular weight excluding hydrogens is 249 g/mol. The van der Waals surface area contributed by atoms with Gasteiger partial charge in [-0.05, 0) is 18.2 Å². The molecule has 0 aliphatic heterocycles. The van der Waals surface area contributed by atoms with Crippen LogP contribution in [0.1, 0.15) is 31.4 Å². The van der Waals surface area contributed by atoms with Gasteiger partial charge in [0.2, 0.25) is 0 Å². The molecule has 5 nitrogen and oxygen atoms in total. The Kier molecular flexibility index (Phi) is 3.59. The standard InChI is InChI=1S/C13H14FN3O2/c1-8(2)13-15-11(7-12(18)19)17(16-13)10-5-3-4-9(14)6-10/h3-6,8H,7H2,1-2H3,(H,18,19). The second kappa shape index (κ2) is 5.17. The molecule has 0 atom stereocenters. The maximum atomic E-state index is 13.2.